The van der Waals surface area contributed by atoms with Crippen molar-refractivity contribution in [2.24, 2.45) is 0 Å². The molecular weight excluding hydrogens is 558 g/mol. The van der Waals surface area contributed by atoms with Crippen LogP contribution in [0, 0.1) is 0 Å². The number of carbonyl (C=O) groups is 3. The number of allylic oxidation sites excluding steroid dienone is 1. The van der Waals surface area contributed by atoms with E-state index >= 15 is 0 Å². The maximum absolute atomic E-state index is 14.1. The number of fused-ring (bicyclic) bond motifs is 1. The summed E-state index contributed by atoms with van der Waals surface area (Å²) in [6.45, 7) is 9.33. The van der Waals surface area contributed by atoms with E-state index in [0.29, 0.717) is 22.4 Å². The molecule has 0 radical (unpaired) electrons. The summed E-state index contributed by atoms with van der Waals surface area (Å²) in [5.41, 5.74) is 3.21. The standard InChI is InChI=1S/C32H30BrNO5/c1-20(30(36)38-5)25(22-14-11-15-23(33)18-22)19-26(21-12-7-6-8-13-21)28-24-16-9-10-17-27(24)34(29(28)35)31(37)39-32(2,3)4/h6-18,25H,1,19H2,2-5H3/b28-26-. The van der Waals surface area contributed by atoms with E-state index in [1.54, 1.807) is 32.9 Å². The Kier molecular flexibility index (Phi) is 8.21. The number of esters is 1. The monoisotopic (exact) mass is 587 g/mol. The number of hydrogen-bond donors (Lipinski definition) is 0. The zero-order valence-corrected chi connectivity index (χ0v) is 23.9. The third-order valence-electron chi connectivity index (χ3n) is 6.36. The summed E-state index contributed by atoms with van der Waals surface area (Å²) in [7, 11) is 1.32. The van der Waals surface area contributed by atoms with Crippen molar-refractivity contribution in [3.8, 4) is 0 Å². The predicted molar refractivity (Wildman–Crippen MR) is 156 cm³/mol. The number of nitrogens with zero attached hydrogens (tertiary/aromatic N) is 1. The lowest BCUT2D eigenvalue weighted by Crippen LogP contribution is -2.38. The SMILES string of the molecule is C=C(C(=O)OC)C(C/C(=C1/C(=O)N(C(=O)OC(C)(C)C)c2ccccc21)c1ccccc1)c1cccc(Br)c1. The van der Waals surface area contributed by atoms with Gasteiger partial charge in [0.1, 0.15) is 5.60 Å². The molecule has 0 saturated carbocycles. The molecular formula is C32H30BrNO5. The molecule has 6 nitrogen and oxygen atoms in total. The van der Waals surface area contributed by atoms with Gasteiger partial charge < -0.3 is 9.47 Å². The zero-order chi connectivity index (χ0) is 28.3. The molecule has 0 spiro atoms. The van der Waals surface area contributed by atoms with Crippen LogP contribution >= 0.6 is 15.9 Å². The molecule has 0 aromatic heterocycles. The highest BCUT2D eigenvalue weighted by atomic mass is 79.9. The van der Waals surface area contributed by atoms with Gasteiger partial charge in [0.25, 0.3) is 5.91 Å². The number of para-hydroxylation sites is 1. The Labute approximate surface area is 237 Å². The number of amides is 2. The third-order valence-corrected chi connectivity index (χ3v) is 6.85. The van der Waals surface area contributed by atoms with E-state index in [1.807, 2.05) is 66.7 Å². The molecule has 1 unspecified atom stereocenters. The molecule has 0 N–H and O–H groups in total. The Morgan fingerprint density at radius 1 is 0.974 bits per heavy atom. The summed E-state index contributed by atoms with van der Waals surface area (Å²) in [6, 6.07) is 24.2. The number of rotatable bonds is 6. The molecule has 2 amide bonds. The van der Waals surface area contributed by atoms with E-state index in [-0.39, 0.29) is 12.0 Å². The number of hydrogen-bond acceptors (Lipinski definition) is 5. The van der Waals surface area contributed by atoms with Gasteiger partial charge in [0, 0.05) is 21.5 Å². The second-order valence-electron chi connectivity index (χ2n) is 10.2. The molecule has 0 aliphatic carbocycles. The minimum absolute atomic E-state index is 0.256. The van der Waals surface area contributed by atoms with E-state index in [4.69, 9.17) is 9.47 Å². The molecule has 0 bridgehead atoms. The molecule has 3 aromatic carbocycles. The van der Waals surface area contributed by atoms with E-state index in [0.717, 1.165) is 20.5 Å². The number of benzene rings is 3. The summed E-state index contributed by atoms with van der Waals surface area (Å²) in [5.74, 6) is -1.53. The van der Waals surface area contributed by atoms with Crippen LogP contribution in [0.5, 0.6) is 0 Å². The first-order valence-corrected chi connectivity index (χ1v) is 13.3. The van der Waals surface area contributed by atoms with Gasteiger partial charge in [0.15, 0.2) is 0 Å². The average molecular weight is 588 g/mol. The Balaban J connectivity index is 1.94. The van der Waals surface area contributed by atoms with Gasteiger partial charge in [-0.2, -0.15) is 0 Å². The van der Waals surface area contributed by atoms with E-state index in [1.165, 1.54) is 7.11 Å². The van der Waals surface area contributed by atoms with Gasteiger partial charge in [-0.25, -0.2) is 14.5 Å². The van der Waals surface area contributed by atoms with Crippen molar-refractivity contribution in [3.05, 3.63) is 112 Å². The summed E-state index contributed by atoms with van der Waals surface area (Å²) < 4.78 is 11.5. The van der Waals surface area contributed by atoms with Crippen molar-refractivity contribution in [3.63, 3.8) is 0 Å². The average Bonchev–Trinajstić information content (AvgIpc) is 3.19. The van der Waals surface area contributed by atoms with Crippen LogP contribution in [0.1, 0.15) is 49.8 Å². The maximum atomic E-state index is 14.1. The minimum Gasteiger partial charge on any atom is -0.466 e. The molecule has 0 fully saturated rings. The number of methoxy groups -OCH3 is 1. The Morgan fingerprint density at radius 2 is 1.64 bits per heavy atom. The Bertz CT molecular complexity index is 1470. The molecule has 1 atom stereocenters. The number of halogens is 1. The topological polar surface area (TPSA) is 72.9 Å². The second kappa shape index (κ2) is 11.4. The van der Waals surface area contributed by atoms with Gasteiger partial charge in [-0.15, -0.1) is 0 Å². The largest absolute Gasteiger partial charge is 0.466 e. The van der Waals surface area contributed by atoms with Crippen molar-refractivity contribution in [2.45, 2.75) is 38.7 Å². The van der Waals surface area contributed by atoms with Gasteiger partial charge in [0.2, 0.25) is 0 Å². The molecule has 3 aromatic rings. The highest BCUT2D eigenvalue weighted by Gasteiger charge is 2.41. The number of anilines is 1. The van der Waals surface area contributed by atoms with Crippen LogP contribution in [0.15, 0.2) is 95.5 Å². The third kappa shape index (κ3) is 6.04. The second-order valence-corrected chi connectivity index (χ2v) is 11.1. The molecule has 7 heteroatoms. The van der Waals surface area contributed by atoms with Gasteiger partial charge in [-0.3, -0.25) is 4.79 Å². The molecule has 4 rings (SSSR count). The first-order valence-electron chi connectivity index (χ1n) is 12.5. The van der Waals surface area contributed by atoms with E-state index in [9.17, 15) is 14.4 Å². The smallest absolute Gasteiger partial charge is 0.422 e. The summed E-state index contributed by atoms with van der Waals surface area (Å²) >= 11 is 3.52. The lowest BCUT2D eigenvalue weighted by Gasteiger charge is -2.24. The lowest BCUT2D eigenvalue weighted by atomic mass is 9.81. The van der Waals surface area contributed by atoms with Crippen molar-refractivity contribution in [1.29, 1.82) is 0 Å². The highest BCUT2D eigenvalue weighted by molar-refractivity contribution is 9.10. The van der Waals surface area contributed by atoms with Crippen LogP contribution in [0.4, 0.5) is 10.5 Å². The van der Waals surface area contributed by atoms with Gasteiger partial charge in [-0.05, 0) is 62.1 Å². The summed E-state index contributed by atoms with van der Waals surface area (Å²) in [4.78, 5) is 41.1. The first kappa shape index (κ1) is 28.0. The van der Waals surface area contributed by atoms with Gasteiger partial charge >= 0.3 is 12.1 Å². The maximum Gasteiger partial charge on any atom is 0.422 e. The van der Waals surface area contributed by atoms with Gasteiger partial charge in [-0.1, -0.05) is 83.2 Å². The van der Waals surface area contributed by atoms with Crippen LogP contribution in [0.2, 0.25) is 0 Å². The van der Waals surface area contributed by atoms with Crippen LogP contribution < -0.4 is 4.90 Å². The fourth-order valence-corrected chi connectivity index (χ4v) is 5.06. The normalized spacial score (nSPS) is 14.9. The Morgan fingerprint density at radius 3 is 2.28 bits per heavy atom. The fraction of sp³-hybridized carbons (Fsp3) is 0.219. The molecule has 1 aliphatic rings. The van der Waals surface area contributed by atoms with E-state index in [2.05, 4.69) is 22.5 Å². The van der Waals surface area contributed by atoms with Crippen LogP contribution in [0.3, 0.4) is 0 Å². The van der Waals surface area contributed by atoms with E-state index < -0.39 is 29.5 Å². The lowest BCUT2D eigenvalue weighted by molar-refractivity contribution is -0.136. The van der Waals surface area contributed by atoms with Crippen LogP contribution in [0.25, 0.3) is 11.1 Å². The Hall–Kier alpha value is -3.97. The van der Waals surface area contributed by atoms with Crippen molar-refractivity contribution < 1.29 is 23.9 Å². The predicted octanol–water partition coefficient (Wildman–Crippen LogP) is 7.54. The van der Waals surface area contributed by atoms with Crippen molar-refractivity contribution >= 4 is 50.7 Å². The van der Waals surface area contributed by atoms with Crippen molar-refractivity contribution in [1.82, 2.24) is 0 Å². The number of carbonyl (C=O) groups excluding carboxylic acids is 3. The van der Waals surface area contributed by atoms with Crippen LogP contribution in [-0.2, 0) is 19.1 Å². The highest BCUT2D eigenvalue weighted by Crippen LogP contribution is 2.45. The number of ether oxygens (including phenoxy) is 2. The fourth-order valence-electron chi connectivity index (χ4n) is 4.64. The minimum atomic E-state index is -0.787. The summed E-state index contributed by atoms with van der Waals surface area (Å²) in [5, 5.41) is 0. The molecule has 1 aliphatic heterocycles. The summed E-state index contributed by atoms with van der Waals surface area (Å²) in [6.07, 6.45) is -0.490. The first-order chi connectivity index (χ1) is 18.5. The molecule has 0 saturated heterocycles. The van der Waals surface area contributed by atoms with Crippen molar-refractivity contribution in [2.75, 3.05) is 12.0 Å². The molecule has 1 heterocycles. The molecule has 200 valence electrons. The quantitative estimate of drug-likeness (QED) is 0.220. The van der Waals surface area contributed by atoms with Gasteiger partial charge in [0.05, 0.1) is 18.4 Å². The van der Waals surface area contributed by atoms with Crippen LogP contribution in [-0.4, -0.2) is 30.7 Å². The zero-order valence-electron chi connectivity index (χ0n) is 22.4. The molecule has 39 heavy (non-hydrogen) atoms. The number of imide groups is 1.